The predicted molar refractivity (Wildman–Crippen MR) is 98.0 cm³/mol. The van der Waals surface area contributed by atoms with Gasteiger partial charge in [0, 0.05) is 37.4 Å². The maximum Gasteiger partial charge on any atom is 0.411 e. The van der Waals surface area contributed by atoms with E-state index in [1.807, 2.05) is 0 Å². The lowest BCUT2D eigenvalue weighted by molar-refractivity contribution is -0.120. The van der Waals surface area contributed by atoms with Crippen molar-refractivity contribution < 1.29 is 22.7 Å². The zero-order valence-electron chi connectivity index (χ0n) is 14.8. The fourth-order valence-corrected chi connectivity index (χ4v) is 3.60. The van der Waals surface area contributed by atoms with Crippen molar-refractivity contribution in [3.8, 4) is 0 Å². The van der Waals surface area contributed by atoms with Gasteiger partial charge in [0.1, 0.15) is 0 Å². The molecule has 1 aliphatic rings. The average molecular weight is 384 g/mol. The molecule has 3 N–H and O–H groups in total. The SMILES string of the molecule is CCOC(=O)Nc1ccc(NC(=O)C2CCN(S(=O)(=O)NC)CC2)cc1. The summed E-state index contributed by atoms with van der Waals surface area (Å²) in [6.07, 6.45) is 0.400. The van der Waals surface area contributed by atoms with Crippen LogP contribution in [0.15, 0.2) is 24.3 Å². The molecule has 1 aromatic rings. The Hall–Kier alpha value is -2.17. The number of rotatable bonds is 6. The summed E-state index contributed by atoms with van der Waals surface area (Å²) in [4.78, 5) is 23.7. The Labute approximate surface area is 153 Å². The molecule has 10 heteroatoms. The largest absolute Gasteiger partial charge is 0.450 e. The van der Waals surface area contributed by atoms with Crippen LogP contribution in [0.25, 0.3) is 0 Å². The molecule has 0 aromatic heterocycles. The van der Waals surface area contributed by atoms with Crippen molar-refractivity contribution >= 4 is 33.6 Å². The van der Waals surface area contributed by atoms with Crippen LogP contribution in [0, 0.1) is 5.92 Å². The molecular formula is C16H24N4O5S. The van der Waals surface area contributed by atoms with Crippen LogP contribution in [0.5, 0.6) is 0 Å². The van der Waals surface area contributed by atoms with Crippen molar-refractivity contribution in [3.05, 3.63) is 24.3 Å². The third-order valence-corrected chi connectivity index (χ3v) is 5.66. The Kier molecular flexibility index (Phi) is 6.95. The van der Waals surface area contributed by atoms with E-state index in [1.54, 1.807) is 31.2 Å². The zero-order chi connectivity index (χ0) is 19.2. The Balaban J connectivity index is 1.86. The van der Waals surface area contributed by atoms with Gasteiger partial charge in [0.2, 0.25) is 5.91 Å². The Bertz CT molecular complexity index is 728. The summed E-state index contributed by atoms with van der Waals surface area (Å²) in [5.41, 5.74) is 1.17. The number of amides is 2. The molecule has 0 bridgehead atoms. The Morgan fingerprint density at radius 2 is 1.65 bits per heavy atom. The lowest BCUT2D eigenvalue weighted by atomic mass is 9.97. The van der Waals surface area contributed by atoms with Crippen molar-refractivity contribution in [2.45, 2.75) is 19.8 Å². The highest BCUT2D eigenvalue weighted by molar-refractivity contribution is 7.87. The molecule has 0 radical (unpaired) electrons. The molecule has 2 rings (SSSR count). The van der Waals surface area contributed by atoms with E-state index < -0.39 is 16.3 Å². The van der Waals surface area contributed by atoms with Gasteiger partial charge in [-0.15, -0.1) is 0 Å². The van der Waals surface area contributed by atoms with Crippen molar-refractivity contribution in [2.75, 3.05) is 37.4 Å². The van der Waals surface area contributed by atoms with Crippen LogP contribution in [-0.2, 0) is 19.7 Å². The van der Waals surface area contributed by atoms with E-state index in [2.05, 4.69) is 15.4 Å². The van der Waals surface area contributed by atoms with Gasteiger partial charge in [-0.3, -0.25) is 10.1 Å². The van der Waals surface area contributed by atoms with E-state index in [4.69, 9.17) is 4.74 Å². The number of anilines is 2. The minimum absolute atomic E-state index is 0.141. The van der Waals surface area contributed by atoms with E-state index in [0.717, 1.165) is 0 Å². The number of carbonyl (C=O) groups is 2. The molecular weight excluding hydrogens is 360 g/mol. The van der Waals surface area contributed by atoms with Gasteiger partial charge in [-0.2, -0.15) is 12.7 Å². The van der Waals surface area contributed by atoms with Crippen molar-refractivity contribution in [1.82, 2.24) is 9.03 Å². The normalized spacial score (nSPS) is 16.1. The van der Waals surface area contributed by atoms with Crippen molar-refractivity contribution in [1.29, 1.82) is 0 Å². The molecule has 0 unspecified atom stereocenters. The third-order valence-electron chi connectivity index (χ3n) is 4.10. The van der Waals surface area contributed by atoms with E-state index in [-0.39, 0.29) is 18.4 Å². The summed E-state index contributed by atoms with van der Waals surface area (Å²) in [5, 5.41) is 5.39. The quantitative estimate of drug-likeness (QED) is 0.685. The van der Waals surface area contributed by atoms with E-state index in [0.29, 0.717) is 37.3 Å². The summed E-state index contributed by atoms with van der Waals surface area (Å²) in [5.74, 6) is -0.381. The summed E-state index contributed by atoms with van der Waals surface area (Å²) in [7, 11) is -2.07. The Morgan fingerprint density at radius 1 is 1.12 bits per heavy atom. The lowest BCUT2D eigenvalue weighted by Gasteiger charge is -2.30. The van der Waals surface area contributed by atoms with Gasteiger partial charge in [-0.1, -0.05) is 0 Å². The molecule has 0 atom stereocenters. The molecule has 9 nitrogen and oxygen atoms in total. The van der Waals surface area contributed by atoms with Crippen molar-refractivity contribution in [2.24, 2.45) is 5.92 Å². The summed E-state index contributed by atoms with van der Waals surface area (Å²) in [6, 6.07) is 6.68. The molecule has 1 aromatic carbocycles. The molecule has 1 heterocycles. The van der Waals surface area contributed by atoms with Crippen LogP contribution in [0.1, 0.15) is 19.8 Å². The first-order chi connectivity index (χ1) is 12.4. The summed E-state index contributed by atoms with van der Waals surface area (Å²) in [6.45, 7) is 2.62. The van der Waals surface area contributed by atoms with Crippen LogP contribution in [0.4, 0.5) is 16.2 Å². The molecule has 2 amide bonds. The molecule has 0 aliphatic carbocycles. The Morgan fingerprint density at radius 3 is 2.15 bits per heavy atom. The summed E-state index contributed by atoms with van der Waals surface area (Å²) < 4.78 is 31.9. The van der Waals surface area contributed by atoms with Gasteiger partial charge >= 0.3 is 6.09 Å². The number of carbonyl (C=O) groups excluding carboxylic acids is 2. The van der Waals surface area contributed by atoms with Crippen molar-refractivity contribution in [3.63, 3.8) is 0 Å². The second-order valence-electron chi connectivity index (χ2n) is 5.79. The maximum absolute atomic E-state index is 12.4. The zero-order valence-corrected chi connectivity index (χ0v) is 15.6. The van der Waals surface area contributed by atoms with Crippen LogP contribution in [-0.4, -0.2) is 51.5 Å². The second kappa shape index (κ2) is 8.97. The van der Waals surface area contributed by atoms with Gasteiger partial charge in [0.25, 0.3) is 10.2 Å². The molecule has 1 saturated heterocycles. The minimum Gasteiger partial charge on any atom is -0.450 e. The van der Waals surface area contributed by atoms with Crippen LogP contribution in [0.2, 0.25) is 0 Å². The van der Waals surface area contributed by atoms with Crippen LogP contribution < -0.4 is 15.4 Å². The lowest BCUT2D eigenvalue weighted by Crippen LogP contribution is -2.45. The number of ether oxygens (including phenoxy) is 1. The molecule has 0 spiro atoms. The standard InChI is InChI=1S/C16H24N4O5S/c1-3-25-16(22)19-14-6-4-13(5-7-14)18-15(21)12-8-10-20(11-9-12)26(23,24)17-2/h4-7,12,17H,3,8-11H2,1-2H3,(H,18,21)(H,19,22). The number of benzene rings is 1. The minimum atomic E-state index is -3.44. The highest BCUT2D eigenvalue weighted by Gasteiger charge is 2.30. The number of hydrogen-bond donors (Lipinski definition) is 3. The predicted octanol–water partition coefficient (Wildman–Crippen LogP) is 1.37. The number of hydrogen-bond acceptors (Lipinski definition) is 5. The average Bonchev–Trinajstić information content (AvgIpc) is 2.63. The third kappa shape index (κ3) is 5.41. The highest BCUT2D eigenvalue weighted by Crippen LogP contribution is 2.21. The van der Waals surface area contributed by atoms with Gasteiger partial charge in [0.15, 0.2) is 0 Å². The van der Waals surface area contributed by atoms with Crippen LogP contribution >= 0.6 is 0 Å². The first-order valence-corrected chi connectivity index (χ1v) is 9.83. The van der Waals surface area contributed by atoms with E-state index in [1.165, 1.54) is 11.4 Å². The number of nitrogens with zero attached hydrogens (tertiary/aromatic N) is 1. The smallest absolute Gasteiger partial charge is 0.411 e. The first kappa shape index (κ1) is 20.1. The summed E-state index contributed by atoms with van der Waals surface area (Å²) >= 11 is 0. The monoisotopic (exact) mass is 384 g/mol. The van der Waals surface area contributed by atoms with Crippen LogP contribution in [0.3, 0.4) is 0 Å². The van der Waals surface area contributed by atoms with E-state index in [9.17, 15) is 18.0 Å². The second-order valence-corrected chi connectivity index (χ2v) is 7.67. The van der Waals surface area contributed by atoms with Gasteiger partial charge in [-0.05, 0) is 44.0 Å². The first-order valence-electron chi connectivity index (χ1n) is 8.39. The van der Waals surface area contributed by atoms with Gasteiger partial charge in [0.05, 0.1) is 6.61 Å². The van der Waals surface area contributed by atoms with E-state index >= 15 is 0 Å². The van der Waals surface area contributed by atoms with Gasteiger partial charge < -0.3 is 10.1 Å². The molecule has 0 saturated carbocycles. The molecule has 144 valence electrons. The highest BCUT2D eigenvalue weighted by atomic mass is 32.2. The fraction of sp³-hybridized carbons (Fsp3) is 0.500. The molecule has 26 heavy (non-hydrogen) atoms. The molecule has 1 aliphatic heterocycles. The maximum atomic E-state index is 12.4. The number of piperidine rings is 1. The molecule has 1 fully saturated rings. The number of nitrogens with one attached hydrogen (secondary N) is 3. The topological polar surface area (TPSA) is 117 Å². The van der Waals surface area contributed by atoms with Gasteiger partial charge in [-0.25, -0.2) is 9.52 Å². The fourth-order valence-electron chi connectivity index (χ4n) is 2.65.